The first-order chi connectivity index (χ1) is 12.5. The number of amides is 2. The van der Waals surface area contributed by atoms with E-state index in [2.05, 4.69) is 10.6 Å². The summed E-state index contributed by atoms with van der Waals surface area (Å²) in [7, 11) is 0. The molecule has 2 aromatic carbocycles. The monoisotopic (exact) mass is 396 g/mol. The van der Waals surface area contributed by atoms with Crippen LogP contribution in [-0.2, 0) is 9.59 Å². The zero-order valence-corrected chi connectivity index (χ0v) is 15.6. The third-order valence-corrected chi connectivity index (χ3v) is 3.88. The van der Waals surface area contributed by atoms with Crippen LogP contribution in [0, 0.1) is 0 Å². The number of hydrogen-bond donors (Lipinski definition) is 2. The Labute approximate surface area is 161 Å². The first-order valence-electron chi connectivity index (χ1n) is 7.85. The highest BCUT2D eigenvalue weighted by atomic mass is 35.5. The molecule has 0 fully saturated rings. The van der Waals surface area contributed by atoms with Crippen molar-refractivity contribution in [2.45, 2.75) is 6.92 Å². The van der Waals surface area contributed by atoms with Crippen LogP contribution in [-0.4, -0.2) is 31.6 Å². The number of halogens is 2. The van der Waals surface area contributed by atoms with Crippen molar-refractivity contribution in [2.24, 2.45) is 0 Å². The van der Waals surface area contributed by atoms with Gasteiger partial charge in [0, 0.05) is 18.3 Å². The number of anilines is 1. The summed E-state index contributed by atoms with van der Waals surface area (Å²) in [5.41, 5.74) is 0.582. The minimum absolute atomic E-state index is 0.0585. The maximum absolute atomic E-state index is 11.9. The third-order valence-electron chi connectivity index (χ3n) is 3.14. The lowest BCUT2D eigenvalue weighted by atomic mass is 10.3. The number of likely N-dealkylation sites (N-methyl/N-ethyl adjacent to an activating group) is 1. The van der Waals surface area contributed by atoms with E-state index < -0.39 is 0 Å². The van der Waals surface area contributed by atoms with Crippen LogP contribution in [0.15, 0.2) is 42.5 Å². The lowest BCUT2D eigenvalue weighted by molar-refractivity contribution is -0.123. The lowest BCUT2D eigenvalue weighted by Crippen LogP contribution is -2.28. The molecule has 0 aliphatic heterocycles. The van der Waals surface area contributed by atoms with Gasteiger partial charge >= 0.3 is 0 Å². The zero-order chi connectivity index (χ0) is 18.9. The third kappa shape index (κ3) is 6.46. The van der Waals surface area contributed by atoms with Crippen molar-refractivity contribution in [1.82, 2.24) is 5.32 Å². The summed E-state index contributed by atoms with van der Waals surface area (Å²) < 4.78 is 10.7. The fraction of sp³-hybridized carbons (Fsp3) is 0.222. The lowest BCUT2D eigenvalue weighted by Gasteiger charge is -2.09. The van der Waals surface area contributed by atoms with Gasteiger partial charge in [0.2, 0.25) is 0 Å². The van der Waals surface area contributed by atoms with Gasteiger partial charge in [0.25, 0.3) is 11.8 Å². The van der Waals surface area contributed by atoms with Crippen LogP contribution in [0.1, 0.15) is 6.92 Å². The minimum atomic E-state index is -0.327. The molecular weight excluding hydrogens is 379 g/mol. The van der Waals surface area contributed by atoms with E-state index >= 15 is 0 Å². The second-order valence-corrected chi connectivity index (χ2v) is 5.99. The first-order valence-corrected chi connectivity index (χ1v) is 8.60. The summed E-state index contributed by atoms with van der Waals surface area (Å²) in [4.78, 5) is 23.3. The highest BCUT2D eigenvalue weighted by Crippen LogP contribution is 2.26. The topological polar surface area (TPSA) is 76.7 Å². The molecule has 2 amide bonds. The van der Waals surface area contributed by atoms with Crippen LogP contribution < -0.4 is 20.1 Å². The van der Waals surface area contributed by atoms with Gasteiger partial charge in [-0.05, 0) is 43.3 Å². The average Bonchev–Trinajstić information content (AvgIpc) is 2.62. The average molecular weight is 397 g/mol. The van der Waals surface area contributed by atoms with Crippen molar-refractivity contribution in [3.05, 3.63) is 52.5 Å². The number of benzene rings is 2. The van der Waals surface area contributed by atoms with E-state index in [1.807, 2.05) is 6.92 Å². The van der Waals surface area contributed by atoms with Crippen LogP contribution in [0.4, 0.5) is 5.69 Å². The molecule has 0 unspecified atom stereocenters. The zero-order valence-electron chi connectivity index (χ0n) is 14.1. The molecule has 138 valence electrons. The molecule has 0 saturated carbocycles. The number of nitrogens with one attached hydrogen (secondary N) is 2. The Bertz CT molecular complexity index is 766. The molecule has 2 aromatic rings. The van der Waals surface area contributed by atoms with E-state index in [9.17, 15) is 9.59 Å². The Morgan fingerprint density at radius 2 is 1.50 bits per heavy atom. The normalized spacial score (nSPS) is 10.1. The molecular formula is C18H18Cl2N2O4. The smallest absolute Gasteiger partial charge is 0.262 e. The quantitative estimate of drug-likeness (QED) is 0.715. The summed E-state index contributed by atoms with van der Waals surface area (Å²) in [6.07, 6.45) is 0. The maximum atomic E-state index is 11.9. The highest BCUT2D eigenvalue weighted by molar-refractivity contribution is 6.42. The van der Waals surface area contributed by atoms with Gasteiger partial charge < -0.3 is 20.1 Å². The SMILES string of the molecule is CCNC(=O)COc1ccc(NC(=O)COc2ccc(Cl)c(Cl)c2)cc1. The predicted octanol–water partition coefficient (Wildman–Crippen LogP) is 3.53. The summed E-state index contributed by atoms with van der Waals surface area (Å²) >= 11 is 11.7. The molecule has 26 heavy (non-hydrogen) atoms. The molecule has 0 heterocycles. The minimum Gasteiger partial charge on any atom is -0.484 e. The Hall–Kier alpha value is -2.44. The van der Waals surface area contributed by atoms with Crippen LogP contribution in [0.25, 0.3) is 0 Å². The summed E-state index contributed by atoms with van der Waals surface area (Å²) in [5, 5.41) is 6.10. The highest BCUT2D eigenvalue weighted by Gasteiger charge is 2.06. The van der Waals surface area contributed by atoms with Crippen molar-refractivity contribution in [3.63, 3.8) is 0 Å². The van der Waals surface area contributed by atoms with Gasteiger partial charge in [-0.25, -0.2) is 0 Å². The summed E-state index contributed by atoms with van der Waals surface area (Å²) in [6.45, 7) is 2.16. The van der Waals surface area contributed by atoms with E-state index in [4.69, 9.17) is 32.7 Å². The van der Waals surface area contributed by atoms with Crippen molar-refractivity contribution in [3.8, 4) is 11.5 Å². The second kappa shape index (κ2) is 9.89. The van der Waals surface area contributed by atoms with E-state index in [-0.39, 0.29) is 25.0 Å². The van der Waals surface area contributed by atoms with Crippen LogP contribution in [0.5, 0.6) is 11.5 Å². The molecule has 0 aliphatic carbocycles. The molecule has 6 nitrogen and oxygen atoms in total. The molecule has 2 N–H and O–H groups in total. The summed E-state index contributed by atoms with van der Waals surface area (Å²) in [6, 6.07) is 11.4. The molecule has 0 aromatic heterocycles. The fourth-order valence-electron chi connectivity index (χ4n) is 1.94. The Morgan fingerprint density at radius 1 is 0.885 bits per heavy atom. The van der Waals surface area contributed by atoms with Gasteiger partial charge in [-0.15, -0.1) is 0 Å². The van der Waals surface area contributed by atoms with E-state index in [0.717, 1.165) is 0 Å². The van der Waals surface area contributed by atoms with E-state index in [1.54, 1.807) is 36.4 Å². The van der Waals surface area contributed by atoms with Gasteiger partial charge in [-0.1, -0.05) is 23.2 Å². The number of hydrogen-bond acceptors (Lipinski definition) is 4. The standard InChI is InChI=1S/C18H18Cl2N2O4/c1-2-21-17(23)10-25-13-5-3-12(4-6-13)22-18(24)11-26-14-7-8-15(19)16(20)9-14/h3-9H,2,10-11H2,1H3,(H,21,23)(H,22,24). The van der Waals surface area contributed by atoms with E-state index in [0.29, 0.717) is 33.8 Å². The first kappa shape index (κ1) is 19.9. The number of rotatable bonds is 8. The Morgan fingerprint density at radius 3 is 2.15 bits per heavy atom. The molecule has 0 aliphatic rings. The van der Waals surface area contributed by atoms with Gasteiger partial charge in [-0.2, -0.15) is 0 Å². The molecule has 8 heteroatoms. The molecule has 2 rings (SSSR count). The van der Waals surface area contributed by atoms with Crippen molar-refractivity contribution < 1.29 is 19.1 Å². The van der Waals surface area contributed by atoms with Crippen LogP contribution in [0.3, 0.4) is 0 Å². The van der Waals surface area contributed by atoms with Crippen LogP contribution >= 0.6 is 23.2 Å². The maximum Gasteiger partial charge on any atom is 0.262 e. The van der Waals surface area contributed by atoms with Crippen molar-refractivity contribution in [2.75, 3.05) is 25.1 Å². The van der Waals surface area contributed by atoms with Gasteiger partial charge in [-0.3, -0.25) is 9.59 Å². The molecule has 0 spiro atoms. The fourth-order valence-corrected chi connectivity index (χ4v) is 2.23. The van der Waals surface area contributed by atoms with Gasteiger partial charge in [0.15, 0.2) is 13.2 Å². The van der Waals surface area contributed by atoms with E-state index in [1.165, 1.54) is 6.07 Å². The Kier molecular flexibility index (Phi) is 7.56. The Balaban J connectivity index is 1.79. The summed E-state index contributed by atoms with van der Waals surface area (Å²) in [5.74, 6) is 0.460. The molecule has 0 atom stereocenters. The van der Waals surface area contributed by atoms with Crippen molar-refractivity contribution in [1.29, 1.82) is 0 Å². The largest absolute Gasteiger partial charge is 0.484 e. The van der Waals surface area contributed by atoms with Crippen molar-refractivity contribution >= 4 is 40.7 Å². The van der Waals surface area contributed by atoms with Gasteiger partial charge in [0.1, 0.15) is 11.5 Å². The molecule has 0 saturated heterocycles. The van der Waals surface area contributed by atoms with Gasteiger partial charge in [0.05, 0.1) is 10.0 Å². The van der Waals surface area contributed by atoms with Crippen LogP contribution in [0.2, 0.25) is 10.0 Å². The predicted molar refractivity (Wildman–Crippen MR) is 101 cm³/mol. The second-order valence-electron chi connectivity index (χ2n) is 5.18. The number of carbonyl (C=O) groups excluding carboxylic acids is 2. The molecule has 0 bridgehead atoms. The number of carbonyl (C=O) groups is 2. The molecule has 0 radical (unpaired) electrons. The number of ether oxygens (including phenoxy) is 2.